The Bertz CT molecular complexity index is 756. The highest BCUT2D eigenvalue weighted by molar-refractivity contribution is 5.56. The second-order valence-corrected chi connectivity index (χ2v) is 6.06. The van der Waals surface area contributed by atoms with Gasteiger partial charge in [-0.3, -0.25) is 14.3 Å². The maximum Gasteiger partial charge on any atom is 0.330 e. The lowest BCUT2D eigenvalue weighted by atomic mass is 10.1. The van der Waals surface area contributed by atoms with Gasteiger partial charge >= 0.3 is 5.69 Å². The molecule has 13 nitrogen and oxygen atoms in total. The number of aromatic amines is 1. The molecule has 0 saturated carbocycles. The van der Waals surface area contributed by atoms with Gasteiger partial charge in [-0.25, -0.2) is 9.18 Å². The predicted octanol–water partition coefficient (Wildman–Crippen LogP) is -5.25. The van der Waals surface area contributed by atoms with E-state index >= 15 is 0 Å². The van der Waals surface area contributed by atoms with Crippen molar-refractivity contribution in [3.8, 4) is 0 Å². The molecule has 0 spiro atoms. The number of alkyl halides is 1. The molecule has 8 atom stereocenters. The SMILES string of the molecule is O=C[C@H](F)[C@@H](O)[C@H](O)[C@H](O)CO.O=c1ccn([C@@H]2O[C@H](CO)[C@@H](O)[C@H]2O)c(=O)[nH]1. The summed E-state index contributed by atoms with van der Waals surface area (Å²) >= 11 is 0. The summed E-state index contributed by atoms with van der Waals surface area (Å²) in [5.74, 6) is 0. The fraction of sp³-hybridized carbons (Fsp3) is 0.667. The fourth-order valence-corrected chi connectivity index (χ4v) is 2.34. The van der Waals surface area contributed by atoms with Gasteiger partial charge in [0.2, 0.25) is 0 Å². The average Bonchev–Trinajstić information content (AvgIpc) is 3.00. The summed E-state index contributed by atoms with van der Waals surface area (Å²) in [6, 6.07) is 1.09. The number of nitrogens with zero attached hydrogens (tertiary/aromatic N) is 1. The fourth-order valence-electron chi connectivity index (χ4n) is 2.34. The van der Waals surface area contributed by atoms with Crippen molar-refractivity contribution in [2.24, 2.45) is 0 Å². The van der Waals surface area contributed by atoms with Gasteiger partial charge in [0.1, 0.15) is 36.6 Å². The molecule has 1 aliphatic heterocycles. The maximum atomic E-state index is 12.3. The molecule has 0 bridgehead atoms. The minimum atomic E-state index is -2.26. The number of hydrogen-bond donors (Lipinski definition) is 8. The third-order valence-electron chi connectivity index (χ3n) is 4.03. The number of aliphatic hydroxyl groups excluding tert-OH is 7. The van der Waals surface area contributed by atoms with E-state index in [1.807, 2.05) is 4.98 Å². The molecule has 0 aromatic carbocycles. The Hall–Kier alpha value is -2.04. The number of aliphatic hydroxyl groups is 7. The molecule has 0 aliphatic carbocycles. The number of carbonyl (C=O) groups is 1. The van der Waals surface area contributed by atoms with Crippen molar-refractivity contribution in [2.75, 3.05) is 13.2 Å². The molecule has 1 aliphatic rings. The first-order valence-electron chi connectivity index (χ1n) is 8.27. The van der Waals surface area contributed by atoms with Crippen LogP contribution in [0.3, 0.4) is 0 Å². The van der Waals surface area contributed by atoms with E-state index in [1.165, 1.54) is 0 Å². The molecule has 1 fully saturated rings. The van der Waals surface area contributed by atoms with Gasteiger partial charge in [0, 0.05) is 12.3 Å². The summed E-state index contributed by atoms with van der Waals surface area (Å²) in [4.78, 5) is 34.1. The Morgan fingerprint density at radius 1 is 1.17 bits per heavy atom. The van der Waals surface area contributed by atoms with Crippen LogP contribution in [0.5, 0.6) is 0 Å². The highest BCUT2D eigenvalue weighted by atomic mass is 19.1. The zero-order valence-electron chi connectivity index (χ0n) is 14.9. The molecule has 2 rings (SSSR count). The Morgan fingerprint density at radius 3 is 2.24 bits per heavy atom. The molecule has 1 aromatic rings. The quantitative estimate of drug-likeness (QED) is 0.192. The number of ether oxygens (including phenoxy) is 1. The van der Waals surface area contributed by atoms with Crippen LogP contribution >= 0.6 is 0 Å². The largest absolute Gasteiger partial charge is 0.394 e. The van der Waals surface area contributed by atoms with Gasteiger partial charge in [0.15, 0.2) is 18.7 Å². The predicted molar refractivity (Wildman–Crippen MR) is 90.4 cm³/mol. The van der Waals surface area contributed by atoms with Crippen molar-refractivity contribution in [3.05, 3.63) is 33.1 Å². The van der Waals surface area contributed by atoms with Crippen molar-refractivity contribution < 1.29 is 49.7 Å². The molecular weight excluding hydrogens is 403 g/mol. The number of carbonyl (C=O) groups excluding carboxylic acids is 1. The highest BCUT2D eigenvalue weighted by Crippen LogP contribution is 2.27. The number of aldehydes is 1. The summed E-state index contributed by atoms with van der Waals surface area (Å²) in [5, 5.41) is 62.6. The van der Waals surface area contributed by atoms with Crippen molar-refractivity contribution in [3.63, 3.8) is 0 Å². The molecule has 0 radical (unpaired) electrons. The highest BCUT2D eigenvalue weighted by Gasteiger charge is 2.43. The number of hydrogen-bond acceptors (Lipinski definition) is 11. The van der Waals surface area contributed by atoms with Gasteiger partial charge < -0.3 is 45.3 Å². The lowest BCUT2D eigenvalue weighted by molar-refractivity contribution is -0.127. The lowest BCUT2D eigenvalue weighted by Crippen LogP contribution is -2.44. The zero-order chi connectivity index (χ0) is 22.3. The number of H-pyrrole nitrogens is 1. The van der Waals surface area contributed by atoms with Gasteiger partial charge in [0.05, 0.1) is 13.2 Å². The van der Waals surface area contributed by atoms with E-state index in [1.54, 1.807) is 0 Å². The van der Waals surface area contributed by atoms with Crippen molar-refractivity contribution >= 4 is 6.29 Å². The summed E-state index contributed by atoms with van der Waals surface area (Å²) in [6.45, 7) is -1.30. The third kappa shape index (κ3) is 6.22. The van der Waals surface area contributed by atoms with E-state index in [2.05, 4.69) is 0 Å². The first kappa shape index (κ1) is 25.0. The second-order valence-electron chi connectivity index (χ2n) is 6.06. The van der Waals surface area contributed by atoms with Crippen molar-refractivity contribution in [1.82, 2.24) is 9.55 Å². The van der Waals surface area contributed by atoms with Crippen LogP contribution in [-0.4, -0.2) is 108 Å². The van der Waals surface area contributed by atoms with E-state index in [-0.39, 0.29) is 6.29 Å². The topological polar surface area (TPSA) is 223 Å². The molecular formula is C15H23FN2O11. The van der Waals surface area contributed by atoms with Crippen LogP contribution in [0.15, 0.2) is 21.9 Å². The number of halogens is 1. The summed E-state index contributed by atoms with van der Waals surface area (Å²) < 4.78 is 18.4. The molecule has 8 N–H and O–H groups in total. The average molecular weight is 426 g/mol. The monoisotopic (exact) mass is 426 g/mol. The minimum absolute atomic E-state index is 0.196. The van der Waals surface area contributed by atoms with E-state index in [4.69, 9.17) is 30.3 Å². The van der Waals surface area contributed by atoms with E-state index < -0.39 is 73.5 Å². The Morgan fingerprint density at radius 2 is 1.79 bits per heavy atom. The molecule has 14 heteroatoms. The van der Waals surface area contributed by atoms with Crippen molar-refractivity contribution in [2.45, 2.75) is 49.0 Å². The molecule has 2 heterocycles. The van der Waals surface area contributed by atoms with Crippen LogP contribution in [0.25, 0.3) is 0 Å². The summed E-state index contributed by atoms with van der Waals surface area (Å²) in [5.41, 5.74) is -1.33. The molecule has 0 unspecified atom stereocenters. The standard InChI is InChI=1S/C9H12N2O6.C6H11FO5/c12-3-4-6(14)7(15)8(17-4)11-2-1-5(13)10-9(11)16;7-3(1-8)5(11)6(12)4(10)2-9/h1-2,4,6-8,12,14-15H,3H2,(H,10,13,16);1,3-6,9-12H,2H2/t4-,6-,7-,8-;3-,4+,5+,6+/m10/s1. The molecule has 0 amide bonds. The van der Waals surface area contributed by atoms with Crippen LogP contribution < -0.4 is 11.2 Å². The van der Waals surface area contributed by atoms with E-state index in [0.717, 1.165) is 16.8 Å². The molecule has 29 heavy (non-hydrogen) atoms. The minimum Gasteiger partial charge on any atom is -0.394 e. The summed E-state index contributed by atoms with van der Waals surface area (Å²) in [7, 11) is 0. The maximum absolute atomic E-state index is 12.3. The third-order valence-corrected chi connectivity index (χ3v) is 4.03. The van der Waals surface area contributed by atoms with Crippen LogP contribution in [-0.2, 0) is 9.53 Å². The summed E-state index contributed by atoms with van der Waals surface area (Å²) in [6.07, 6.45) is -11.6. The Kier molecular flexibility index (Phi) is 9.67. The molecule has 166 valence electrons. The van der Waals surface area contributed by atoms with Crippen LogP contribution in [0.2, 0.25) is 0 Å². The van der Waals surface area contributed by atoms with Crippen LogP contribution in [0, 0.1) is 0 Å². The lowest BCUT2D eigenvalue weighted by Gasteiger charge is -2.21. The van der Waals surface area contributed by atoms with E-state index in [0.29, 0.717) is 0 Å². The number of nitrogens with one attached hydrogen (secondary N) is 1. The number of rotatable bonds is 7. The van der Waals surface area contributed by atoms with Gasteiger partial charge in [-0.2, -0.15) is 0 Å². The van der Waals surface area contributed by atoms with E-state index in [9.17, 15) is 29.0 Å². The smallest absolute Gasteiger partial charge is 0.330 e. The van der Waals surface area contributed by atoms with Crippen LogP contribution in [0.4, 0.5) is 4.39 Å². The first-order valence-corrected chi connectivity index (χ1v) is 8.27. The normalized spacial score (nSPS) is 28.0. The molecule has 1 saturated heterocycles. The van der Waals surface area contributed by atoms with Crippen LogP contribution in [0.1, 0.15) is 6.23 Å². The van der Waals surface area contributed by atoms with Gasteiger partial charge in [-0.1, -0.05) is 0 Å². The number of aromatic nitrogens is 2. The Labute approximate surface area is 161 Å². The van der Waals surface area contributed by atoms with Crippen molar-refractivity contribution in [1.29, 1.82) is 0 Å². The second kappa shape index (κ2) is 11.2. The zero-order valence-corrected chi connectivity index (χ0v) is 14.9. The Balaban J connectivity index is 0.000000311. The van der Waals surface area contributed by atoms with Gasteiger partial charge in [0.25, 0.3) is 5.56 Å². The van der Waals surface area contributed by atoms with Gasteiger partial charge in [-0.15, -0.1) is 0 Å². The van der Waals surface area contributed by atoms with Gasteiger partial charge in [-0.05, 0) is 0 Å². The molecule has 1 aromatic heterocycles. The first-order chi connectivity index (χ1) is 13.6.